The maximum absolute atomic E-state index is 17.6. The van der Waals surface area contributed by atoms with Crippen LogP contribution < -0.4 is 14.4 Å². The van der Waals surface area contributed by atoms with E-state index in [2.05, 4.69) is 15.7 Å². The number of amides is 1. The molecule has 336 valence electrons. The molecule has 8 rings (SSSR count). The molecule has 4 aromatic rings. The molecule has 14 nitrogen and oxygen atoms in total. The molecule has 2 aromatic carbocycles. The van der Waals surface area contributed by atoms with Gasteiger partial charge in [0.1, 0.15) is 40.8 Å². The molecule has 4 aliphatic rings. The van der Waals surface area contributed by atoms with Gasteiger partial charge in [0, 0.05) is 68.9 Å². The summed E-state index contributed by atoms with van der Waals surface area (Å²) in [5.74, 6) is 1.08. The van der Waals surface area contributed by atoms with E-state index in [1.807, 2.05) is 25.7 Å². The lowest BCUT2D eigenvalue weighted by atomic mass is 9.95. The maximum Gasteiger partial charge on any atom is 0.410 e. The molecule has 4 aliphatic heterocycles. The predicted molar refractivity (Wildman–Crippen MR) is 232 cm³/mol. The number of hydrogen-bond acceptors (Lipinski definition) is 12. The topological polar surface area (TPSA) is 149 Å². The minimum absolute atomic E-state index is 0.00386. The van der Waals surface area contributed by atoms with Crippen LogP contribution in [0.4, 0.5) is 19.4 Å². The molecule has 0 spiro atoms. The minimum atomic E-state index is -0.835. The Morgan fingerprint density at radius 1 is 1.02 bits per heavy atom. The van der Waals surface area contributed by atoms with Gasteiger partial charge in [-0.05, 0) is 102 Å². The summed E-state index contributed by atoms with van der Waals surface area (Å²) in [5, 5.41) is 10.1. The van der Waals surface area contributed by atoms with Crippen molar-refractivity contribution < 1.29 is 47.2 Å². The number of piperazine rings is 1. The first kappa shape index (κ1) is 44.2. The van der Waals surface area contributed by atoms with Crippen LogP contribution >= 0.6 is 0 Å². The number of ether oxygens (including phenoxy) is 5. The first-order valence-electron chi connectivity index (χ1n) is 22.2. The largest absolute Gasteiger partial charge is 0.481 e. The second kappa shape index (κ2) is 19.2. The van der Waals surface area contributed by atoms with E-state index in [0.29, 0.717) is 73.5 Å². The molecule has 6 heterocycles. The van der Waals surface area contributed by atoms with E-state index in [9.17, 15) is 9.59 Å². The lowest BCUT2D eigenvalue weighted by Crippen LogP contribution is -2.57. The zero-order valence-corrected chi connectivity index (χ0v) is 36.2. The lowest BCUT2D eigenvalue weighted by Gasteiger charge is -2.42. The fourth-order valence-corrected chi connectivity index (χ4v) is 9.31. The van der Waals surface area contributed by atoms with E-state index in [-0.39, 0.29) is 65.6 Å². The third-order valence-corrected chi connectivity index (χ3v) is 12.2. The summed E-state index contributed by atoms with van der Waals surface area (Å²) in [6.45, 7) is 9.81. The Morgan fingerprint density at radius 3 is 2.54 bits per heavy atom. The van der Waals surface area contributed by atoms with Crippen molar-refractivity contribution in [3.05, 3.63) is 47.7 Å². The zero-order valence-electron chi connectivity index (χ0n) is 36.2. The monoisotopic (exact) mass is 870 g/mol. The molecule has 2 bridgehead atoms. The minimum Gasteiger partial charge on any atom is -0.481 e. The molecule has 4 atom stereocenters. The van der Waals surface area contributed by atoms with Gasteiger partial charge in [0.2, 0.25) is 0 Å². The van der Waals surface area contributed by atoms with Gasteiger partial charge < -0.3 is 33.7 Å². The number of aromatic nitrogens is 3. The Morgan fingerprint density at radius 2 is 1.81 bits per heavy atom. The molecule has 1 N–H and O–H groups in total. The van der Waals surface area contributed by atoms with Gasteiger partial charge in [0.25, 0.3) is 0 Å². The van der Waals surface area contributed by atoms with E-state index in [1.54, 1.807) is 18.2 Å². The molecular formula is C47H56F2N6O8. The third kappa shape index (κ3) is 10.1. The second-order valence-corrected chi connectivity index (χ2v) is 17.8. The Bertz CT molecular complexity index is 2350. The molecule has 1 amide bonds. The second-order valence-electron chi connectivity index (χ2n) is 17.8. The van der Waals surface area contributed by atoms with Crippen molar-refractivity contribution in [1.82, 2.24) is 24.8 Å². The molecular weight excluding hydrogens is 815 g/mol. The number of likely N-dealkylation sites (tertiary alicyclic amines) is 1. The van der Waals surface area contributed by atoms with Crippen LogP contribution in [0.15, 0.2) is 30.5 Å². The van der Waals surface area contributed by atoms with E-state index in [0.717, 1.165) is 58.0 Å². The fourth-order valence-electron chi connectivity index (χ4n) is 9.31. The van der Waals surface area contributed by atoms with Crippen LogP contribution in [0.5, 0.6) is 11.8 Å². The average Bonchev–Trinajstić information content (AvgIpc) is 3.82. The molecule has 2 aromatic heterocycles. The van der Waals surface area contributed by atoms with Crippen molar-refractivity contribution in [1.29, 1.82) is 0 Å². The number of carboxylic acids is 1. The van der Waals surface area contributed by atoms with Crippen molar-refractivity contribution in [3.8, 4) is 35.4 Å². The quantitative estimate of drug-likeness (QED) is 0.0919. The SMILES string of the molecule is C#Cc1c(F)ccc2cc(OC3CCCCO3)cc(-c3ncc4c(N5CC6CCC(C5)N6C(=O)OC(C)(C)C)nc(OC[C@@H]5CCCN5CCCOCCCC(=O)O)nc4c3F)c12. The molecule has 3 unspecified atom stereocenters. The number of carbonyl (C=O) groups excluding carboxylic acids is 1. The number of anilines is 1. The van der Waals surface area contributed by atoms with Crippen LogP contribution in [0.3, 0.4) is 0 Å². The number of nitrogens with zero attached hydrogens (tertiary/aromatic N) is 6. The number of carbonyl (C=O) groups is 2. The van der Waals surface area contributed by atoms with E-state index >= 15 is 8.78 Å². The summed E-state index contributed by atoms with van der Waals surface area (Å²) < 4.78 is 62.9. The van der Waals surface area contributed by atoms with E-state index in [4.69, 9.17) is 50.2 Å². The number of terminal acetylenes is 1. The first-order valence-corrected chi connectivity index (χ1v) is 22.2. The zero-order chi connectivity index (χ0) is 44.3. The maximum atomic E-state index is 17.6. The third-order valence-electron chi connectivity index (χ3n) is 12.2. The number of rotatable bonds is 15. The number of benzene rings is 2. The number of aliphatic carboxylic acids is 1. The van der Waals surface area contributed by atoms with Crippen molar-refractivity contribution in [2.75, 3.05) is 57.5 Å². The van der Waals surface area contributed by atoms with Gasteiger partial charge in [0.05, 0.1) is 29.6 Å². The lowest BCUT2D eigenvalue weighted by molar-refractivity contribution is -0.137. The van der Waals surface area contributed by atoms with Gasteiger partial charge >= 0.3 is 18.1 Å². The Labute approximate surface area is 366 Å². The normalized spacial score (nSPS) is 21.5. The highest BCUT2D eigenvalue weighted by Gasteiger charge is 2.45. The average molecular weight is 871 g/mol. The highest BCUT2D eigenvalue weighted by molar-refractivity contribution is 6.03. The molecule has 0 saturated carbocycles. The number of halogens is 2. The van der Waals surface area contributed by atoms with Gasteiger partial charge in [0.15, 0.2) is 12.1 Å². The standard InChI is InChI=1S/C47H56F2N6O8/c1-5-34-37(48)17-14-29-23-33(62-39-13-6-7-22-60-39)24-35(40(29)34)42-41(49)43-36(25-50-42)44(54-26-30-15-16-31(27-54)55(30)46(58)63-47(2,3)4)52-45(51-43)61-28-32-11-8-18-53(32)19-10-21-59-20-9-12-38(56)57/h1,14,17,23-25,30-32,39H,6-13,15-16,18-22,26-28H2,2-4H3,(H,56,57)/t30?,31?,32-,39?/m0/s1. The number of fused-ring (bicyclic) bond motifs is 4. The van der Waals surface area contributed by atoms with E-state index < -0.39 is 29.5 Å². The Hall–Kier alpha value is -5.37. The summed E-state index contributed by atoms with van der Waals surface area (Å²) in [5.41, 5.74) is -0.561. The number of carboxylic acid groups (broad SMARTS) is 1. The molecule has 4 saturated heterocycles. The summed E-state index contributed by atoms with van der Waals surface area (Å²) in [7, 11) is 0. The predicted octanol–water partition coefficient (Wildman–Crippen LogP) is 7.71. The highest BCUT2D eigenvalue weighted by Crippen LogP contribution is 2.41. The number of hydrogen-bond donors (Lipinski definition) is 1. The summed E-state index contributed by atoms with van der Waals surface area (Å²) in [6.07, 6.45) is 13.9. The van der Waals surface area contributed by atoms with Gasteiger partial charge in [-0.2, -0.15) is 9.97 Å². The molecule has 0 radical (unpaired) electrons. The Kier molecular flexibility index (Phi) is 13.5. The van der Waals surface area contributed by atoms with E-state index in [1.165, 1.54) is 12.3 Å². The van der Waals surface area contributed by atoms with Crippen molar-refractivity contribution in [2.24, 2.45) is 0 Å². The van der Waals surface area contributed by atoms with Crippen LogP contribution in [0.25, 0.3) is 32.9 Å². The van der Waals surface area contributed by atoms with Gasteiger partial charge in [-0.15, -0.1) is 6.42 Å². The van der Waals surface area contributed by atoms with Crippen LogP contribution in [0.2, 0.25) is 0 Å². The molecule has 16 heteroatoms. The van der Waals surface area contributed by atoms with Crippen molar-refractivity contribution in [2.45, 2.75) is 115 Å². The van der Waals surface area contributed by atoms with Gasteiger partial charge in [-0.1, -0.05) is 12.0 Å². The smallest absolute Gasteiger partial charge is 0.410 e. The van der Waals surface area contributed by atoms with Crippen LogP contribution in [-0.2, 0) is 19.0 Å². The van der Waals surface area contributed by atoms with Crippen molar-refractivity contribution >= 4 is 39.6 Å². The fraction of sp³-hybridized carbons (Fsp3) is 0.553. The number of pyridine rings is 1. The van der Waals surface area contributed by atoms with Gasteiger partial charge in [-0.25, -0.2) is 13.6 Å². The summed E-state index contributed by atoms with van der Waals surface area (Å²) >= 11 is 0. The summed E-state index contributed by atoms with van der Waals surface area (Å²) in [6, 6.07) is 5.99. The first-order chi connectivity index (χ1) is 30.4. The van der Waals surface area contributed by atoms with Gasteiger partial charge in [-0.3, -0.25) is 19.6 Å². The molecule has 0 aliphatic carbocycles. The van der Waals surface area contributed by atoms with Crippen molar-refractivity contribution in [3.63, 3.8) is 0 Å². The highest BCUT2D eigenvalue weighted by atomic mass is 19.1. The van der Waals surface area contributed by atoms with Crippen LogP contribution in [-0.4, -0.2) is 125 Å². The molecule has 4 fully saturated rings. The summed E-state index contributed by atoms with van der Waals surface area (Å²) in [4.78, 5) is 44.7. The molecule has 63 heavy (non-hydrogen) atoms. The Balaban J connectivity index is 1.13. The van der Waals surface area contributed by atoms with Crippen LogP contribution in [0.1, 0.15) is 90.5 Å². The van der Waals surface area contributed by atoms with Crippen LogP contribution in [0, 0.1) is 24.0 Å².